The van der Waals surface area contributed by atoms with Crippen LogP contribution in [0.5, 0.6) is 5.75 Å². The maximum absolute atomic E-state index is 12.9. The second-order valence-electron chi connectivity index (χ2n) is 9.20. The van der Waals surface area contributed by atoms with Gasteiger partial charge >= 0.3 is 0 Å². The molecule has 3 aromatic carbocycles. The molecule has 5 nitrogen and oxygen atoms in total. The van der Waals surface area contributed by atoms with Crippen LogP contribution in [0.1, 0.15) is 59.8 Å². The van der Waals surface area contributed by atoms with Crippen molar-refractivity contribution < 1.29 is 23.0 Å². The summed E-state index contributed by atoms with van der Waals surface area (Å²) in [7, 11) is -0.195. The van der Waals surface area contributed by atoms with Crippen LogP contribution in [-0.4, -0.2) is 39.8 Å². The molecule has 6 heteroatoms. The van der Waals surface area contributed by atoms with E-state index in [1.165, 1.54) is 11.1 Å². The Balaban J connectivity index is 1.56. The molecule has 0 aromatic heterocycles. The first-order valence-electron chi connectivity index (χ1n) is 12.2. The predicted octanol–water partition coefficient (Wildman–Crippen LogP) is 5.82. The molecule has 0 saturated carbocycles. The van der Waals surface area contributed by atoms with Crippen LogP contribution in [0.4, 0.5) is 0 Å². The molecule has 1 aliphatic rings. The number of aromatic hydroxyl groups is 1. The molecule has 4 rings (SSSR count). The fourth-order valence-corrected chi connectivity index (χ4v) is 6.58. The van der Waals surface area contributed by atoms with Crippen LogP contribution in [0.15, 0.2) is 77.7 Å². The molecule has 186 valence electrons. The summed E-state index contributed by atoms with van der Waals surface area (Å²) >= 11 is 0. The molecule has 0 amide bonds. The zero-order valence-electron chi connectivity index (χ0n) is 20.4. The largest absolute Gasteiger partial charge is 0.508 e. The predicted molar refractivity (Wildman–Crippen MR) is 138 cm³/mol. The van der Waals surface area contributed by atoms with Gasteiger partial charge in [-0.1, -0.05) is 48.5 Å². The molecule has 2 atom stereocenters. The fraction of sp³-hybridized carbons (Fsp3) is 0.379. The van der Waals surface area contributed by atoms with Crippen LogP contribution in [0.3, 0.4) is 0 Å². The van der Waals surface area contributed by atoms with Crippen LogP contribution in [0.2, 0.25) is 0 Å². The summed E-state index contributed by atoms with van der Waals surface area (Å²) in [5.41, 5.74) is 4.72. The Morgan fingerprint density at radius 2 is 1.63 bits per heavy atom. The number of ether oxygens (including phenoxy) is 2. The lowest BCUT2D eigenvalue weighted by Gasteiger charge is -2.35. The number of phenols is 1. The Labute approximate surface area is 208 Å². The first-order valence-corrected chi connectivity index (χ1v) is 13.8. The number of rotatable bonds is 10. The van der Waals surface area contributed by atoms with Crippen molar-refractivity contribution in [3.05, 3.63) is 95.1 Å². The van der Waals surface area contributed by atoms with E-state index in [2.05, 4.69) is 24.3 Å². The Morgan fingerprint density at radius 1 is 0.914 bits per heavy atom. The minimum absolute atomic E-state index is 0.0959. The second-order valence-corrected chi connectivity index (χ2v) is 11.3. The van der Waals surface area contributed by atoms with Crippen molar-refractivity contribution in [2.75, 3.05) is 20.0 Å². The minimum Gasteiger partial charge on any atom is -0.508 e. The van der Waals surface area contributed by atoms with Crippen LogP contribution in [-0.2, 0) is 25.7 Å². The Bertz CT molecular complexity index is 1200. The van der Waals surface area contributed by atoms with E-state index >= 15 is 0 Å². The van der Waals surface area contributed by atoms with Gasteiger partial charge in [0.05, 0.1) is 10.6 Å². The highest BCUT2D eigenvalue weighted by atomic mass is 32.2. The molecule has 0 aliphatic heterocycles. The molecule has 3 aromatic rings. The van der Waals surface area contributed by atoms with Gasteiger partial charge in [0.2, 0.25) is 0 Å². The molecule has 35 heavy (non-hydrogen) atoms. The van der Waals surface area contributed by atoms with Crippen molar-refractivity contribution in [2.45, 2.75) is 55.1 Å². The zero-order valence-corrected chi connectivity index (χ0v) is 21.2. The molecule has 0 saturated heterocycles. The minimum atomic E-state index is -3.37. The van der Waals surface area contributed by atoms with E-state index in [0.29, 0.717) is 24.2 Å². The summed E-state index contributed by atoms with van der Waals surface area (Å²) in [6.45, 7) is 0. The molecular weight excluding hydrogens is 460 g/mol. The molecule has 0 unspecified atom stereocenters. The third-order valence-electron chi connectivity index (χ3n) is 7.04. The molecule has 1 N–H and O–H groups in total. The fourth-order valence-electron chi connectivity index (χ4n) is 5.21. The first-order chi connectivity index (χ1) is 16.9. The number of benzene rings is 3. The Kier molecular flexibility index (Phi) is 8.26. The van der Waals surface area contributed by atoms with Crippen molar-refractivity contribution in [3.8, 4) is 5.75 Å². The summed E-state index contributed by atoms with van der Waals surface area (Å²) in [6, 6.07) is 23.5. The SMILES string of the molecule is COC(CCCCS(=O)(=O)c1ccc([C@@H]2c3ccc(O)cc3CC[C@@H]2c2ccccc2)cc1)OC. The number of sulfone groups is 1. The highest BCUT2D eigenvalue weighted by Crippen LogP contribution is 2.47. The van der Waals surface area contributed by atoms with E-state index in [1.807, 2.05) is 30.3 Å². The normalized spacial score (nSPS) is 17.9. The lowest BCUT2D eigenvalue weighted by molar-refractivity contribution is -0.106. The van der Waals surface area contributed by atoms with Gasteiger partial charge in [-0.3, -0.25) is 0 Å². The third-order valence-corrected chi connectivity index (χ3v) is 8.86. The van der Waals surface area contributed by atoms with Crippen molar-refractivity contribution in [3.63, 3.8) is 0 Å². The summed E-state index contributed by atoms with van der Waals surface area (Å²) in [5, 5.41) is 10.0. The number of aryl methyl sites for hydroxylation is 1. The average Bonchev–Trinajstić information content (AvgIpc) is 2.88. The lowest BCUT2D eigenvalue weighted by Crippen LogP contribution is -2.20. The summed E-state index contributed by atoms with van der Waals surface area (Å²) in [4.78, 5) is 0.356. The number of hydrogen-bond acceptors (Lipinski definition) is 5. The Hall–Kier alpha value is -2.67. The lowest BCUT2D eigenvalue weighted by atomic mass is 9.69. The van der Waals surface area contributed by atoms with Gasteiger partial charge < -0.3 is 14.6 Å². The quantitative estimate of drug-likeness (QED) is 0.284. The second kappa shape index (κ2) is 11.4. The maximum Gasteiger partial charge on any atom is 0.178 e. The summed E-state index contributed by atoms with van der Waals surface area (Å²) in [5.74, 6) is 0.762. The van der Waals surface area contributed by atoms with Crippen molar-refractivity contribution in [1.29, 1.82) is 0 Å². The standard InChI is InChI=1S/C29H34O5S/c1-33-28(34-2)10-6-7-19-35(31,32)25-15-11-22(12-16-25)29-26(21-8-4-3-5-9-21)17-13-23-20-24(30)14-18-27(23)29/h3-5,8-9,11-12,14-16,18,20,26,28-30H,6-7,10,13,17,19H2,1-2H3/t26-,29+/m1/s1. The van der Waals surface area contributed by atoms with Gasteiger partial charge in [0.25, 0.3) is 0 Å². The highest BCUT2D eigenvalue weighted by molar-refractivity contribution is 7.91. The molecule has 1 aliphatic carbocycles. The third kappa shape index (κ3) is 5.95. The topological polar surface area (TPSA) is 72.8 Å². The highest BCUT2D eigenvalue weighted by Gasteiger charge is 2.32. The van der Waals surface area contributed by atoms with Crippen LogP contribution < -0.4 is 0 Å². The molecular formula is C29H34O5S. The number of phenolic OH excluding ortho intramolecular Hbond substituents is 1. The zero-order chi connectivity index (χ0) is 24.8. The summed E-state index contributed by atoms with van der Waals surface area (Å²) < 4.78 is 36.2. The monoisotopic (exact) mass is 494 g/mol. The van der Waals surface area contributed by atoms with E-state index in [0.717, 1.165) is 24.0 Å². The average molecular weight is 495 g/mol. The number of hydrogen-bond donors (Lipinski definition) is 1. The van der Waals surface area contributed by atoms with Gasteiger partial charge in [-0.05, 0) is 84.5 Å². The van der Waals surface area contributed by atoms with Crippen LogP contribution >= 0.6 is 0 Å². The first kappa shape index (κ1) is 25.4. The molecule has 0 bridgehead atoms. The maximum atomic E-state index is 12.9. The van der Waals surface area contributed by atoms with E-state index in [9.17, 15) is 13.5 Å². The molecule has 0 radical (unpaired) electrons. The van der Waals surface area contributed by atoms with Crippen LogP contribution in [0, 0.1) is 0 Å². The summed E-state index contributed by atoms with van der Waals surface area (Å²) in [6.07, 6.45) is 3.51. The van der Waals surface area contributed by atoms with Crippen molar-refractivity contribution >= 4 is 9.84 Å². The van der Waals surface area contributed by atoms with Crippen LogP contribution in [0.25, 0.3) is 0 Å². The molecule has 0 heterocycles. The number of unbranched alkanes of at least 4 members (excludes halogenated alkanes) is 1. The van der Waals surface area contributed by atoms with E-state index in [-0.39, 0.29) is 29.6 Å². The van der Waals surface area contributed by atoms with Crippen molar-refractivity contribution in [2.24, 2.45) is 0 Å². The van der Waals surface area contributed by atoms with Gasteiger partial charge in [-0.15, -0.1) is 0 Å². The van der Waals surface area contributed by atoms with Gasteiger partial charge in [0, 0.05) is 20.1 Å². The smallest absolute Gasteiger partial charge is 0.178 e. The van der Waals surface area contributed by atoms with Gasteiger partial charge in [-0.25, -0.2) is 8.42 Å². The van der Waals surface area contributed by atoms with E-state index < -0.39 is 9.84 Å². The molecule has 0 fully saturated rings. The van der Waals surface area contributed by atoms with Gasteiger partial charge in [0.1, 0.15) is 5.75 Å². The number of methoxy groups -OCH3 is 2. The van der Waals surface area contributed by atoms with E-state index in [4.69, 9.17) is 9.47 Å². The Morgan fingerprint density at radius 3 is 2.31 bits per heavy atom. The van der Waals surface area contributed by atoms with Gasteiger partial charge in [-0.2, -0.15) is 0 Å². The van der Waals surface area contributed by atoms with Gasteiger partial charge in [0.15, 0.2) is 16.1 Å². The van der Waals surface area contributed by atoms with Crippen molar-refractivity contribution in [1.82, 2.24) is 0 Å². The molecule has 0 spiro atoms. The number of fused-ring (bicyclic) bond motifs is 1. The van der Waals surface area contributed by atoms with E-state index in [1.54, 1.807) is 32.4 Å².